The lowest BCUT2D eigenvalue weighted by atomic mass is 9.86. The van der Waals surface area contributed by atoms with Crippen molar-refractivity contribution in [3.05, 3.63) is 45.1 Å². The van der Waals surface area contributed by atoms with E-state index in [0.29, 0.717) is 17.4 Å². The largest absolute Gasteiger partial charge is 0.355 e. The van der Waals surface area contributed by atoms with Crippen molar-refractivity contribution in [1.29, 1.82) is 0 Å². The van der Waals surface area contributed by atoms with Crippen molar-refractivity contribution < 1.29 is 4.79 Å². The Morgan fingerprint density at radius 1 is 1.20 bits per heavy atom. The molecule has 0 radical (unpaired) electrons. The molecule has 4 rings (SSSR count). The van der Waals surface area contributed by atoms with Gasteiger partial charge in [0.25, 0.3) is 5.56 Å². The molecule has 2 N–H and O–H groups in total. The zero-order chi connectivity index (χ0) is 17.4. The van der Waals surface area contributed by atoms with Crippen molar-refractivity contribution in [2.24, 2.45) is 17.8 Å². The summed E-state index contributed by atoms with van der Waals surface area (Å²) in [6.07, 6.45) is 6.37. The van der Waals surface area contributed by atoms with E-state index in [1.54, 1.807) is 24.3 Å². The van der Waals surface area contributed by atoms with Gasteiger partial charge in [-0.3, -0.25) is 14.2 Å². The Morgan fingerprint density at radius 2 is 2.04 bits per heavy atom. The topological polar surface area (TPSA) is 84.0 Å². The van der Waals surface area contributed by atoms with Crippen molar-refractivity contribution in [2.45, 2.75) is 38.6 Å². The number of carbonyl (C=O) groups excluding carboxylic acids is 1. The molecule has 2 aromatic rings. The van der Waals surface area contributed by atoms with Gasteiger partial charge in [-0.05, 0) is 55.6 Å². The van der Waals surface area contributed by atoms with Crippen LogP contribution in [0.1, 0.15) is 32.1 Å². The number of hydrogen-bond acceptors (Lipinski definition) is 3. The van der Waals surface area contributed by atoms with Crippen LogP contribution in [-0.4, -0.2) is 22.0 Å². The van der Waals surface area contributed by atoms with Crippen LogP contribution in [0.3, 0.4) is 0 Å². The molecule has 2 aliphatic carbocycles. The Balaban J connectivity index is 1.38. The second-order valence-electron chi connectivity index (χ2n) is 7.44. The molecule has 1 aromatic heterocycles. The van der Waals surface area contributed by atoms with Gasteiger partial charge in [0.15, 0.2) is 0 Å². The number of rotatable bonds is 5. The number of amides is 1. The van der Waals surface area contributed by atoms with E-state index in [9.17, 15) is 14.4 Å². The normalized spacial score (nSPS) is 24.7. The highest BCUT2D eigenvalue weighted by atomic mass is 16.2. The summed E-state index contributed by atoms with van der Waals surface area (Å²) in [7, 11) is 0. The smallest absolute Gasteiger partial charge is 0.329 e. The third kappa shape index (κ3) is 3.13. The van der Waals surface area contributed by atoms with E-state index in [4.69, 9.17) is 0 Å². The molecule has 132 valence electrons. The molecule has 6 nitrogen and oxygen atoms in total. The average Bonchev–Trinajstić information content (AvgIpc) is 3.22. The monoisotopic (exact) mass is 341 g/mol. The first kappa shape index (κ1) is 16.1. The SMILES string of the molecule is O=C(Cn1c(=O)[nH]c2ccccc2c1=O)NCCC1CC2CCC1C2. The maximum absolute atomic E-state index is 12.4. The zero-order valence-electron chi connectivity index (χ0n) is 14.2. The first-order chi connectivity index (χ1) is 12.1. The molecule has 25 heavy (non-hydrogen) atoms. The Hall–Kier alpha value is -2.37. The number of aromatic amines is 1. The summed E-state index contributed by atoms with van der Waals surface area (Å²) in [5.74, 6) is 2.19. The molecule has 1 aromatic carbocycles. The van der Waals surface area contributed by atoms with E-state index >= 15 is 0 Å². The van der Waals surface area contributed by atoms with Crippen LogP contribution in [0.2, 0.25) is 0 Å². The van der Waals surface area contributed by atoms with E-state index in [-0.39, 0.29) is 12.5 Å². The van der Waals surface area contributed by atoms with Gasteiger partial charge in [-0.2, -0.15) is 0 Å². The molecule has 1 amide bonds. The summed E-state index contributed by atoms with van der Waals surface area (Å²) in [5, 5.41) is 3.28. The van der Waals surface area contributed by atoms with Gasteiger partial charge in [0.2, 0.25) is 5.91 Å². The van der Waals surface area contributed by atoms with Crippen molar-refractivity contribution >= 4 is 16.8 Å². The molecule has 6 heteroatoms. The maximum Gasteiger partial charge on any atom is 0.329 e. The number of aromatic nitrogens is 2. The Kier molecular flexibility index (Phi) is 4.19. The van der Waals surface area contributed by atoms with E-state index in [0.717, 1.165) is 28.7 Å². The predicted octanol–water partition coefficient (Wildman–Crippen LogP) is 1.63. The summed E-state index contributed by atoms with van der Waals surface area (Å²) in [6.45, 7) is 0.378. The molecule has 2 fully saturated rings. The van der Waals surface area contributed by atoms with Crippen LogP contribution in [0.15, 0.2) is 33.9 Å². The van der Waals surface area contributed by atoms with Crippen LogP contribution in [0.4, 0.5) is 0 Å². The number of para-hydroxylation sites is 1. The minimum Gasteiger partial charge on any atom is -0.355 e. The second-order valence-corrected chi connectivity index (χ2v) is 7.44. The van der Waals surface area contributed by atoms with Crippen LogP contribution in [0.5, 0.6) is 0 Å². The summed E-state index contributed by atoms with van der Waals surface area (Å²) in [4.78, 5) is 39.3. The molecular formula is C19H23N3O3. The van der Waals surface area contributed by atoms with Crippen LogP contribution in [0, 0.1) is 17.8 Å². The Bertz CT molecular complexity index is 914. The minimum absolute atomic E-state index is 0.240. The quantitative estimate of drug-likeness (QED) is 0.867. The van der Waals surface area contributed by atoms with E-state index in [2.05, 4.69) is 10.3 Å². The molecule has 3 atom stereocenters. The average molecular weight is 341 g/mol. The highest BCUT2D eigenvalue weighted by molar-refractivity contribution is 5.78. The molecule has 0 spiro atoms. The van der Waals surface area contributed by atoms with Crippen molar-refractivity contribution in [1.82, 2.24) is 14.9 Å². The van der Waals surface area contributed by atoms with Gasteiger partial charge in [-0.25, -0.2) is 4.79 Å². The maximum atomic E-state index is 12.4. The number of nitrogens with one attached hydrogen (secondary N) is 2. The van der Waals surface area contributed by atoms with Crippen molar-refractivity contribution in [2.75, 3.05) is 6.54 Å². The fourth-order valence-electron chi connectivity index (χ4n) is 4.67. The molecule has 2 aliphatic rings. The molecular weight excluding hydrogens is 318 g/mol. The van der Waals surface area contributed by atoms with Crippen molar-refractivity contribution in [3.63, 3.8) is 0 Å². The highest BCUT2D eigenvalue weighted by Crippen LogP contribution is 2.49. The van der Waals surface area contributed by atoms with Crippen LogP contribution < -0.4 is 16.6 Å². The lowest BCUT2D eigenvalue weighted by molar-refractivity contribution is -0.121. The van der Waals surface area contributed by atoms with Gasteiger partial charge in [0.1, 0.15) is 6.54 Å². The van der Waals surface area contributed by atoms with Gasteiger partial charge in [-0.15, -0.1) is 0 Å². The number of hydrogen-bond donors (Lipinski definition) is 2. The molecule has 2 saturated carbocycles. The second kappa shape index (κ2) is 6.50. The fraction of sp³-hybridized carbons (Fsp3) is 0.526. The third-order valence-electron chi connectivity index (χ3n) is 5.91. The number of benzene rings is 1. The van der Waals surface area contributed by atoms with E-state index in [1.165, 1.54) is 25.7 Å². The van der Waals surface area contributed by atoms with Crippen LogP contribution >= 0.6 is 0 Å². The first-order valence-electron chi connectivity index (χ1n) is 9.10. The number of fused-ring (bicyclic) bond motifs is 3. The molecule has 1 heterocycles. The highest BCUT2D eigenvalue weighted by Gasteiger charge is 2.38. The summed E-state index contributed by atoms with van der Waals surface area (Å²) >= 11 is 0. The van der Waals surface area contributed by atoms with E-state index in [1.807, 2.05) is 0 Å². The van der Waals surface area contributed by atoms with Gasteiger partial charge < -0.3 is 10.3 Å². The first-order valence-corrected chi connectivity index (χ1v) is 9.10. The van der Waals surface area contributed by atoms with Gasteiger partial charge >= 0.3 is 5.69 Å². The van der Waals surface area contributed by atoms with Crippen LogP contribution in [-0.2, 0) is 11.3 Å². The van der Waals surface area contributed by atoms with Gasteiger partial charge in [0, 0.05) is 6.54 Å². The fourth-order valence-corrected chi connectivity index (χ4v) is 4.67. The summed E-state index contributed by atoms with van der Waals surface area (Å²) < 4.78 is 0.967. The molecule has 0 aliphatic heterocycles. The van der Waals surface area contributed by atoms with Crippen LogP contribution in [0.25, 0.3) is 10.9 Å². The number of H-pyrrole nitrogens is 1. The molecule has 3 unspecified atom stereocenters. The third-order valence-corrected chi connectivity index (χ3v) is 5.91. The lowest BCUT2D eigenvalue weighted by Crippen LogP contribution is -2.41. The minimum atomic E-state index is -0.549. The van der Waals surface area contributed by atoms with Gasteiger partial charge in [-0.1, -0.05) is 18.6 Å². The number of carbonyl (C=O) groups is 1. The van der Waals surface area contributed by atoms with Gasteiger partial charge in [0.05, 0.1) is 10.9 Å². The summed E-state index contributed by atoms with van der Waals surface area (Å²) in [6, 6.07) is 6.82. The predicted molar refractivity (Wildman–Crippen MR) is 95.4 cm³/mol. The van der Waals surface area contributed by atoms with Crippen molar-refractivity contribution in [3.8, 4) is 0 Å². The standard InChI is InChI=1S/C19H23N3O3/c23-17(20-8-7-14-10-12-5-6-13(14)9-12)11-22-18(24)15-3-1-2-4-16(15)21-19(22)25/h1-4,12-14H,5-11H2,(H,20,23)(H,21,25). The zero-order valence-corrected chi connectivity index (χ0v) is 14.2. The Labute approximate surface area is 145 Å². The van der Waals surface area contributed by atoms with E-state index < -0.39 is 11.2 Å². The number of nitrogens with zero attached hydrogens (tertiary/aromatic N) is 1. The molecule has 2 bridgehead atoms. The lowest BCUT2D eigenvalue weighted by Gasteiger charge is -2.21. The Morgan fingerprint density at radius 3 is 2.80 bits per heavy atom. The summed E-state index contributed by atoms with van der Waals surface area (Å²) in [5.41, 5.74) is -0.486. The molecule has 0 saturated heterocycles.